The van der Waals surface area contributed by atoms with Gasteiger partial charge in [-0.05, 0) is 31.4 Å². The fourth-order valence-corrected chi connectivity index (χ4v) is 2.75. The smallest absolute Gasteiger partial charge is 0.145 e. The first-order valence-electron chi connectivity index (χ1n) is 6.14. The minimum atomic E-state index is -0.356. The second-order valence-electron chi connectivity index (χ2n) is 4.72. The predicted molar refractivity (Wildman–Crippen MR) is 69.7 cm³/mol. The third kappa shape index (κ3) is 2.83. The van der Waals surface area contributed by atoms with Gasteiger partial charge in [0.2, 0.25) is 0 Å². The summed E-state index contributed by atoms with van der Waals surface area (Å²) in [7, 11) is 0. The molecule has 1 aromatic carbocycles. The van der Waals surface area contributed by atoms with Gasteiger partial charge in [-0.2, -0.15) is 0 Å². The van der Waals surface area contributed by atoms with Gasteiger partial charge in [-0.1, -0.05) is 23.7 Å². The highest BCUT2D eigenvalue weighted by Crippen LogP contribution is 2.27. The molecule has 0 aliphatic carbocycles. The number of ether oxygens (including phenoxy) is 1. The van der Waals surface area contributed by atoms with Gasteiger partial charge in [0.1, 0.15) is 5.82 Å². The molecule has 0 bridgehead atoms. The predicted octanol–water partition coefficient (Wildman–Crippen LogP) is 2.28. The minimum absolute atomic E-state index is 0.00420. The van der Waals surface area contributed by atoms with Crippen molar-refractivity contribution in [2.24, 2.45) is 11.8 Å². The summed E-state index contributed by atoms with van der Waals surface area (Å²) in [4.78, 5) is 0. The molecule has 1 aromatic rings. The molecule has 5 heteroatoms. The van der Waals surface area contributed by atoms with Crippen molar-refractivity contribution in [2.45, 2.75) is 31.9 Å². The number of benzene rings is 1. The van der Waals surface area contributed by atoms with Gasteiger partial charge >= 0.3 is 0 Å². The molecule has 1 fully saturated rings. The van der Waals surface area contributed by atoms with E-state index >= 15 is 0 Å². The Morgan fingerprint density at radius 2 is 2.39 bits per heavy atom. The zero-order valence-electron chi connectivity index (χ0n) is 10.3. The van der Waals surface area contributed by atoms with E-state index in [4.69, 9.17) is 22.2 Å². The van der Waals surface area contributed by atoms with Gasteiger partial charge in [-0.3, -0.25) is 11.3 Å². The minimum Gasteiger partial charge on any atom is -0.378 e. The van der Waals surface area contributed by atoms with E-state index in [2.05, 4.69) is 5.43 Å². The summed E-state index contributed by atoms with van der Waals surface area (Å²) in [6, 6.07) is 5.04. The van der Waals surface area contributed by atoms with E-state index in [0.717, 1.165) is 13.0 Å². The number of hydrogen-bond donors (Lipinski definition) is 2. The topological polar surface area (TPSA) is 47.3 Å². The highest BCUT2D eigenvalue weighted by atomic mass is 35.5. The Labute approximate surface area is 111 Å². The van der Waals surface area contributed by atoms with E-state index in [1.54, 1.807) is 18.2 Å². The van der Waals surface area contributed by atoms with Crippen LogP contribution in [0.15, 0.2) is 18.2 Å². The zero-order valence-corrected chi connectivity index (χ0v) is 11.1. The van der Waals surface area contributed by atoms with Gasteiger partial charge in [0.05, 0.1) is 11.1 Å². The lowest BCUT2D eigenvalue weighted by molar-refractivity contribution is 0.0953. The molecule has 1 aliphatic heterocycles. The fourth-order valence-electron chi connectivity index (χ4n) is 2.55. The van der Waals surface area contributed by atoms with Crippen LogP contribution < -0.4 is 11.3 Å². The lowest BCUT2D eigenvalue weighted by Gasteiger charge is -2.25. The maximum Gasteiger partial charge on any atom is 0.145 e. The molecule has 0 amide bonds. The van der Waals surface area contributed by atoms with Crippen LogP contribution in [0, 0.1) is 11.7 Å². The lowest BCUT2D eigenvalue weighted by Crippen LogP contribution is -2.44. The van der Waals surface area contributed by atoms with Gasteiger partial charge in [-0.25, -0.2) is 4.39 Å². The monoisotopic (exact) mass is 272 g/mol. The zero-order chi connectivity index (χ0) is 13.1. The average molecular weight is 273 g/mol. The van der Waals surface area contributed by atoms with Crippen LogP contribution in [0.2, 0.25) is 5.02 Å². The van der Waals surface area contributed by atoms with Crippen LogP contribution in [0.1, 0.15) is 18.9 Å². The molecule has 1 heterocycles. The van der Waals surface area contributed by atoms with E-state index < -0.39 is 0 Å². The maximum absolute atomic E-state index is 13.9. The van der Waals surface area contributed by atoms with Crippen molar-refractivity contribution >= 4 is 11.6 Å². The molecule has 1 saturated heterocycles. The molecule has 2 rings (SSSR count). The van der Waals surface area contributed by atoms with Gasteiger partial charge in [0.15, 0.2) is 0 Å². The van der Waals surface area contributed by atoms with Crippen molar-refractivity contribution in [1.82, 2.24) is 5.43 Å². The summed E-state index contributed by atoms with van der Waals surface area (Å²) >= 11 is 5.78. The fraction of sp³-hybridized carbons (Fsp3) is 0.538. The lowest BCUT2D eigenvalue weighted by atomic mass is 9.89. The Kier molecular flexibility index (Phi) is 4.56. The number of hydrazine groups is 1. The van der Waals surface area contributed by atoms with Crippen LogP contribution in [-0.4, -0.2) is 18.8 Å². The highest BCUT2D eigenvalue weighted by molar-refractivity contribution is 6.30. The average Bonchev–Trinajstić information content (AvgIpc) is 2.77. The van der Waals surface area contributed by atoms with Gasteiger partial charge in [0, 0.05) is 18.6 Å². The van der Waals surface area contributed by atoms with Crippen molar-refractivity contribution < 1.29 is 9.13 Å². The molecule has 3 N–H and O–H groups in total. The van der Waals surface area contributed by atoms with E-state index in [1.165, 1.54) is 0 Å². The van der Waals surface area contributed by atoms with Crippen LogP contribution in [-0.2, 0) is 11.2 Å². The second kappa shape index (κ2) is 5.97. The second-order valence-corrected chi connectivity index (χ2v) is 5.13. The molecular formula is C13H18ClFN2O. The van der Waals surface area contributed by atoms with Crippen molar-refractivity contribution in [1.29, 1.82) is 0 Å². The summed E-state index contributed by atoms with van der Waals surface area (Å²) in [5.74, 6) is 5.53. The molecule has 18 heavy (non-hydrogen) atoms. The van der Waals surface area contributed by atoms with Crippen molar-refractivity contribution in [2.75, 3.05) is 6.61 Å². The Balaban J connectivity index is 2.12. The van der Waals surface area contributed by atoms with E-state index in [-0.39, 0.29) is 23.0 Å². The summed E-state index contributed by atoms with van der Waals surface area (Å²) < 4.78 is 19.4. The van der Waals surface area contributed by atoms with Crippen LogP contribution in [0.4, 0.5) is 4.39 Å². The molecule has 1 aliphatic rings. The Bertz CT molecular complexity index is 416. The first-order valence-corrected chi connectivity index (χ1v) is 6.52. The molecule has 100 valence electrons. The highest BCUT2D eigenvalue weighted by Gasteiger charge is 2.31. The molecule has 0 saturated carbocycles. The molecule has 0 spiro atoms. The normalized spacial score (nSPS) is 25.3. The van der Waals surface area contributed by atoms with E-state index in [9.17, 15) is 4.39 Å². The van der Waals surface area contributed by atoms with E-state index in [1.807, 2.05) is 6.92 Å². The number of hydrogen-bond acceptors (Lipinski definition) is 3. The summed E-state index contributed by atoms with van der Waals surface area (Å²) in [6.07, 6.45) is 1.60. The first-order chi connectivity index (χ1) is 8.63. The van der Waals surface area contributed by atoms with Crippen LogP contribution in [0.25, 0.3) is 0 Å². The van der Waals surface area contributed by atoms with Gasteiger partial charge < -0.3 is 4.74 Å². The molecule has 0 radical (unpaired) electrons. The van der Waals surface area contributed by atoms with Crippen molar-refractivity contribution in [3.05, 3.63) is 34.6 Å². The van der Waals surface area contributed by atoms with Crippen LogP contribution >= 0.6 is 11.6 Å². The summed E-state index contributed by atoms with van der Waals surface area (Å²) in [6.45, 7) is 2.76. The standard InChI is InChI=1S/C13H18ClFN2O/c1-8-10(5-6-18-8)12(17-16)7-9-3-2-4-11(14)13(9)15/h2-4,8,10,12,17H,5-7,16H2,1H3. The third-order valence-corrected chi connectivity index (χ3v) is 3.93. The summed E-state index contributed by atoms with van der Waals surface area (Å²) in [5, 5.41) is 0.152. The van der Waals surface area contributed by atoms with Crippen molar-refractivity contribution in [3.63, 3.8) is 0 Å². The molecule has 3 unspecified atom stereocenters. The number of rotatable bonds is 4. The third-order valence-electron chi connectivity index (χ3n) is 3.64. The van der Waals surface area contributed by atoms with Gasteiger partial charge in [0.25, 0.3) is 0 Å². The SMILES string of the molecule is CC1OCCC1C(Cc1cccc(Cl)c1F)NN. The Morgan fingerprint density at radius 3 is 3.00 bits per heavy atom. The number of halogens is 2. The number of nitrogens with two attached hydrogens (primary N) is 1. The number of nitrogens with one attached hydrogen (secondary N) is 1. The Morgan fingerprint density at radius 1 is 1.61 bits per heavy atom. The molecule has 3 nitrogen and oxygen atoms in total. The molecular weight excluding hydrogens is 255 g/mol. The Hall–Kier alpha value is -0.680. The quantitative estimate of drug-likeness (QED) is 0.653. The van der Waals surface area contributed by atoms with Crippen LogP contribution in [0.3, 0.4) is 0 Å². The largest absolute Gasteiger partial charge is 0.378 e. The maximum atomic E-state index is 13.9. The summed E-state index contributed by atoms with van der Waals surface area (Å²) in [5.41, 5.74) is 3.37. The first kappa shape index (κ1) is 13.7. The van der Waals surface area contributed by atoms with Crippen LogP contribution in [0.5, 0.6) is 0 Å². The molecule has 0 aromatic heterocycles. The van der Waals surface area contributed by atoms with Crippen molar-refractivity contribution in [3.8, 4) is 0 Å². The molecule has 3 atom stereocenters. The van der Waals surface area contributed by atoms with E-state index in [0.29, 0.717) is 17.9 Å². The van der Waals surface area contributed by atoms with Gasteiger partial charge in [-0.15, -0.1) is 0 Å².